The average Bonchev–Trinajstić information content (AvgIpc) is 2.70. The number of carbonyl (C=O) groups is 1. The Morgan fingerprint density at radius 1 is 1.63 bits per heavy atom. The van der Waals surface area contributed by atoms with Gasteiger partial charge in [-0.05, 0) is 6.07 Å². The van der Waals surface area contributed by atoms with Crippen LogP contribution in [-0.2, 0) is 17.1 Å². The molecule has 1 aromatic heterocycles. The first kappa shape index (κ1) is 15.4. The monoisotopic (exact) mass is 287 g/mol. The van der Waals surface area contributed by atoms with E-state index in [2.05, 4.69) is 6.58 Å². The lowest BCUT2D eigenvalue weighted by atomic mass is 10.3. The van der Waals surface area contributed by atoms with Gasteiger partial charge in [-0.25, -0.2) is 13.6 Å². The third-order valence-corrected chi connectivity index (χ3v) is 3.41. The van der Waals surface area contributed by atoms with Crippen LogP contribution in [0.2, 0.25) is 0 Å². The molecule has 0 spiro atoms. The van der Waals surface area contributed by atoms with Gasteiger partial charge in [0.15, 0.2) is 0 Å². The molecular formula is C11H17N3O4S. The summed E-state index contributed by atoms with van der Waals surface area (Å²) >= 11 is 0. The number of nitrogens with two attached hydrogens (primary N) is 1. The highest BCUT2D eigenvalue weighted by Gasteiger charge is 2.21. The van der Waals surface area contributed by atoms with Gasteiger partial charge in [-0.2, -0.15) is 0 Å². The van der Waals surface area contributed by atoms with Crippen molar-refractivity contribution in [2.75, 3.05) is 19.7 Å². The van der Waals surface area contributed by atoms with Crippen molar-refractivity contribution in [3.8, 4) is 0 Å². The molecule has 0 radical (unpaired) electrons. The summed E-state index contributed by atoms with van der Waals surface area (Å²) in [7, 11) is -2.30. The van der Waals surface area contributed by atoms with Gasteiger partial charge in [0.05, 0.1) is 6.61 Å². The van der Waals surface area contributed by atoms with Crippen molar-refractivity contribution in [1.82, 2.24) is 9.47 Å². The molecule has 0 aliphatic heterocycles. The number of amides is 1. The smallest absolute Gasteiger partial charge is 0.270 e. The second-order valence-electron chi connectivity index (χ2n) is 3.98. The van der Waals surface area contributed by atoms with Crippen LogP contribution < -0.4 is 5.14 Å². The summed E-state index contributed by atoms with van der Waals surface area (Å²) in [5.74, 6) is -0.397. The molecule has 19 heavy (non-hydrogen) atoms. The molecule has 0 atom stereocenters. The van der Waals surface area contributed by atoms with E-state index in [-0.39, 0.29) is 30.3 Å². The van der Waals surface area contributed by atoms with Gasteiger partial charge in [0.25, 0.3) is 5.91 Å². The molecule has 1 amide bonds. The number of carbonyl (C=O) groups excluding carboxylic acids is 1. The van der Waals surface area contributed by atoms with Crippen molar-refractivity contribution in [3.63, 3.8) is 0 Å². The van der Waals surface area contributed by atoms with Gasteiger partial charge in [-0.1, -0.05) is 6.08 Å². The fraction of sp³-hybridized carbons (Fsp3) is 0.364. The van der Waals surface area contributed by atoms with Crippen LogP contribution in [0.1, 0.15) is 10.5 Å². The molecule has 0 aliphatic carbocycles. The topological polar surface area (TPSA) is 106 Å². The zero-order valence-electron chi connectivity index (χ0n) is 10.6. The summed E-state index contributed by atoms with van der Waals surface area (Å²) in [6.07, 6.45) is 2.80. The Morgan fingerprint density at radius 3 is 2.68 bits per heavy atom. The molecule has 0 fully saturated rings. The Balaban J connectivity index is 3.11. The first-order valence-corrected chi connectivity index (χ1v) is 7.06. The molecule has 0 aliphatic rings. The van der Waals surface area contributed by atoms with Crippen molar-refractivity contribution in [1.29, 1.82) is 0 Å². The minimum atomic E-state index is -3.85. The Morgan fingerprint density at radius 2 is 2.26 bits per heavy atom. The first-order valence-electron chi connectivity index (χ1n) is 5.51. The Labute approximate surface area is 112 Å². The Hall–Kier alpha value is -1.64. The number of hydrogen-bond acceptors (Lipinski definition) is 4. The number of primary sulfonamides is 1. The molecule has 106 valence electrons. The van der Waals surface area contributed by atoms with E-state index in [1.807, 2.05) is 0 Å². The van der Waals surface area contributed by atoms with Crippen LogP contribution in [-0.4, -0.2) is 48.6 Å². The molecule has 0 saturated carbocycles. The van der Waals surface area contributed by atoms with E-state index in [0.29, 0.717) is 0 Å². The van der Waals surface area contributed by atoms with E-state index in [1.165, 1.54) is 27.8 Å². The lowest BCUT2D eigenvalue weighted by Crippen LogP contribution is -2.34. The third kappa shape index (κ3) is 3.66. The molecule has 3 N–H and O–H groups in total. The maximum Gasteiger partial charge on any atom is 0.270 e. The molecule has 0 aromatic carbocycles. The number of aromatic nitrogens is 1. The maximum atomic E-state index is 12.2. The highest BCUT2D eigenvalue weighted by Crippen LogP contribution is 2.13. The molecule has 0 unspecified atom stereocenters. The van der Waals surface area contributed by atoms with Gasteiger partial charge >= 0.3 is 0 Å². The van der Waals surface area contributed by atoms with E-state index < -0.39 is 15.9 Å². The fourth-order valence-electron chi connectivity index (χ4n) is 1.62. The van der Waals surface area contributed by atoms with Crippen LogP contribution in [0.4, 0.5) is 0 Å². The van der Waals surface area contributed by atoms with E-state index in [4.69, 9.17) is 10.2 Å². The van der Waals surface area contributed by atoms with Gasteiger partial charge in [-0.15, -0.1) is 6.58 Å². The molecule has 0 saturated heterocycles. The van der Waals surface area contributed by atoms with E-state index >= 15 is 0 Å². The molecule has 8 heteroatoms. The number of rotatable bonds is 6. The lowest BCUT2D eigenvalue weighted by Gasteiger charge is -2.20. The van der Waals surface area contributed by atoms with Crippen molar-refractivity contribution < 1.29 is 18.3 Å². The van der Waals surface area contributed by atoms with Crippen molar-refractivity contribution >= 4 is 15.9 Å². The second-order valence-corrected chi connectivity index (χ2v) is 5.54. The van der Waals surface area contributed by atoms with Crippen molar-refractivity contribution in [2.45, 2.75) is 4.90 Å². The van der Waals surface area contributed by atoms with Gasteiger partial charge in [0, 0.05) is 26.3 Å². The van der Waals surface area contributed by atoms with Crippen molar-refractivity contribution in [3.05, 3.63) is 30.6 Å². The second kappa shape index (κ2) is 6.00. The summed E-state index contributed by atoms with van der Waals surface area (Å²) in [4.78, 5) is 13.4. The highest BCUT2D eigenvalue weighted by atomic mass is 32.2. The quantitative estimate of drug-likeness (QED) is 0.674. The molecule has 1 rings (SSSR count). The lowest BCUT2D eigenvalue weighted by molar-refractivity contribution is 0.0733. The van der Waals surface area contributed by atoms with E-state index in [9.17, 15) is 13.2 Å². The number of sulfonamides is 1. The van der Waals surface area contributed by atoms with Crippen molar-refractivity contribution in [2.24, 2.45) is 12.2 Å². The summed E-state index contributed by atoms with van der Waals surface area (Å²) in [5, 5.41) is 13.9. The number of aryl methyl sites for hydroxylation is 1. The summed E-state index contributed by atoms with van der Waals surface area (Å²) in [5.41, 5.74) is 0.180. The number of aliphatic hydroxyl groups excluding tert-OH is 1. The average molecular weight is 287 g/mol. The molecule has 7 nitrogen and oxygen atoms in total. The largest absolute Gasteiger partial charge is 0.395 e. The van der Waals surface area contributed by atoms with Crippen LogP contribution in [0.15, 0.2) is 29.8 Å². The highest BCUT2D eigenvalue weighted by molar-refractivity contribution is 7.89. The third-order valence-electron chi connectivity index (χ3n) is 2.53. The van der Waals surface area contributed by atoms with Gasteiger partial charge in [0.1, 0.15) is 10.6 Å². The zero-order valence-corrected chi connectivity index (χ0v) is 11.4. The van der Waals surface area contributed by atoms with E-state index in [0.717, 1.165) is 0 Å². The molecule has 0 bridgehead atoms. The predicted molar refractivity (Wildman–Crippen MR) is 70.0 cm³/mol. The van der Waals surface area contributed by atoms with E-state index in [1.54, 1.807) is 7.05 Å². The van der Waals surface area contributed by atoms with Gasteiger partial charge < -0.3 is 14.6 Å². The summed E-state index contributed by atoms with van der Waals surface area (Å²) < 4.78 is 23.8. The summed E-state index contributed by atoms with van der Waals surface area (Å²) in [6.45, 7) is 3.74. The first-order chi connectivity index (χ1) is 8.81. The number of aliphatic hydroxyl groups is 1. The standard InChI is InChI=1S/C11H17N3O4S/c1-3-4-14(5-6-15)11(16)10-7-9(8-13(10)2)19(12,17)18/h3,7-8,15H,1,4-6H2,2H3,(H2,12,17,18). The minimum Gasteiger partial charge on any atom is -0.395 e. The van der Waals surface area contributed by atoms with Crippen LogP contribution in [0, 0.1) is 0 Å². The SMILES string of the molecule is C=CCN(CCO)C(=O)c1cc(S(N)(=O)=O)cn1C. The van der Waals surface area contributed by atoms with Crippen LogP contribution >= 0.6 is 0 Å². The molecule has 1 aromatic rings. The van der Waals surface area contributed by atoms with Gasteiger partial charge in [-0.3, -0.25) is 4.79 Å². The van der Waals surface area contributed by atoms with Crippen LogP contribution in [0.5, 0.6) is 0 Å². The predicted octanol–water partition coefficient (Wildman–Crippen LogP) is -0.707. The van der Waals surface area contributed by atoms with Crippen LogP contribution in [0.25, 0.3) is 0 Å². The molecule has 1 heterocycles. The maximum absolute atomic E-state index is 12.2. The number of hydrogen-bond donors (Lipinski definition) is 2. The fourth-order valence-corrected chi connectivity index (χ4v) is 2.20. The zero-order chi connectivity index (χ0) is 14.6. The normalized spacial score (nSPS) is 11.3. The van der Waals surface area contributed by atoms with Gasteiger partial charge in [0.2, 0.25) is 10.0 Å². The summed E-state index contributed by atoms with van der Waals surface area (Å²) in [6, 6.07) is 1.21. The molecular weight excluding hydrogens is 270 g/mol. The Bertz CT molecular complexity index is 577. The number of nitrogens with zero attached hydrogens (tertiary/aromatic N) is 2. The minimum absolute atomic E-state index is 0.124. The Kier molecular flexibility index (Phi) is 4.87. The van der Waals surface area contributed by atoms with Crippen LogP contribution in [0.3, 0.4) is 0 Å².